The van der Waals surface area contributed by atoms with Gasteiger partial charge >= 0.3 is 0 Å². The number of benzene rings is 1. The number of aromatic nitrogens is 1. The second-order valence-corrected chi connectivity index (χ2v) is 7.54. The summed E-state index contributed by atoms with van der Waals surface area (Å²) < 4.78 is 6.12. The van der Waals surface area contributed by atoms with E-state index in [0.29, 0.717) is 37.7 Å². The van der Waals surface area contributed by atoms with E-state index in [9.17, 15) is 9.59 Å². The summed E-state index contributed by atoms with van der Waals surface area (Å²) in [6, 6.07) is 13.4. The van der Waals surface area contributed by atoms with Crippen LogP contribution in [-0.2, 0) is 16.1 Å². The van der Waals surface area contributed by atoms with Crippen molar-refractivity contribution < 1.29 is 14.3 Å². The molecule has 1 atom stereocenters. The molecule has 6 nitrogen and oxygen atoms in total. The maximum absolute atomic E-state index is 12.9. The van der Waals surface area contributed by atoms with E-state index in [1.165, 1.54) is 6.20 Å². The average Bonchev–Trinajstić information content (AvgIpc) is 2.86. The van der Waals surface area contributed by atoms with Crippen LogP contribution in [0, 0.1) is 5.92 Å². The highest BCUT2D eigenvalue weighted by Crippen LogP contribution is 2.15. The Morgan fingerprint density at radius 3 is 2.64 bits per heavy atom. The second kappa shape index (κ2) is 9.46. The molecule has 148 valence electrons. The Hall–Kier alpha value is -2.73. The van der Waals surface area contributed by atoms with Crippen LogP contribution in [0.4, 0.5) is 0 Å². The SMILES string of the molecule is CC(C)CN1C[C@@H](OCc2ccccc2)CN(C(=O)c2cccnc2)CC1=O. The van der Waals surface area contributed by atoms with Gasteiger partial charge in [-0.15, -0.1) is 0 Å². The Bertz CT molecular complexity index is 780. The molecular weight excluding hydrogens is 354 g/mol. The third-order valence-corrected chi connectivity index (χ3v) is 4.64. The fourth-order valence-corrected chi connectivity index (χ4v) is 3.32. The van der Waals surface area contributed by atoms with Crippen molar-refractivity contribution in [3.8, 4) is 0 Å². The third kappa shape index (κ3) is 5.39. The van der Waals surface area contributed by atoms with Gasteiger partial charge in [0.2, 0.25) is 5.91 Å². The zero-order valence-corrected chi connectivity index (χ0v) is 16.5. The van der Waals surface area contributed by atoms with Gasteiger partial charge in [-0.25, -0.2) is 0 Å². The van der Waals surface area contributed by atoms with E-state index in [-0.39, 0.29) is 24.5 Å². The average molecular weight is 381 g/mol. The lowest BCUT2D eigenvalue weighted by atomic mass is 10.2. The number of amides is 2. The molecule has 0 saturated carbocycles. The van der Waals surface area contributed by atoms with Gasteiger partial charge in [-0.05, 0) is 23.6 Å². The summed E-state index contributed by atoms with van der Waals surface area (Å²) in [4.78, 5) is 33.1. The van der Waals surface area contributed by atoms with Crippen LogP contribution in [0.1, 0.15) is 29.8 Å². The fourth-order valence-electron chi connectivity index (χ4n) is 3.32. The molecule has 0 N–H and O–H groups in total. The Morgan fingerprint density at radius 2 is 1.96 bits per heavy atom. The number of carbonyl (C=O) groups is 2. The molecule has 2 heterocycles. The van der Waals surface area contributed by atoms with Crippen LogP contribution < -0.4 is 0 Å². The summed E-state index contributed by atoms with van der Waals surface area (Å²) in [5.74, 6) is 0.109. The first-order valence-corrected chi connectivity index (χ1v) is 9.65. The molecule has 2 amide bonds. The minimum atomic E-state index is -0.244. The highest BCUT2D eigenvalue weighted by atomic mass is 16.5. The van der Waals surface area contributed by atoms with Crippen molar-refractivity contribution in [2.24, 2.45) is 5.92 Å². The molecule has 1 aliphatic rings. The van der Waals surface area contributed by atoms with E-state index >= 15 is 0 Å². The van der Waals surface area contributed by atoms with Gasteiger partial charge in [0.1, 0.15) is 6.54 Å². The first kappa shape index (κ1) is 20.0. The molecule has 1 fully saturated rings. The van der Waals surface area contributed by atoms with E-state index in [1.807, 2.05) is 35.2 Å². The highest BCUT2D eigenvalue weighted by Gasteiger charge is 2.31. The van der Waals surface area contributed by atoms with Crippen molar-refractivity contribution in [3.63, 3.8) is 0 Å². The monoisotopic (exact) mass is 381 g/mol. The first-order chi connectivity index (χ1) is 13.5. The van der Waals surface area contributed by atoms with Gasteiger partial charge in [0.15, 0.2) is 0 Å². The molecular formula is C22H27N3O3. The number of ether oxygens (including phenoxy) is 1. The standard InChI is InChI=1S/C22H27N3O3/c1-17(2)12-24-13-20(28-16-18-7-4-3-5-8-18)14-25(15-21(24)26)22(27)19-9-6-10-23-11-19/h3-11,17,20H,12-16H2,1-2H3/t20-/m1/s1. The normalized spacial score (nSPS) is 17.7. The van der Waals surface area contributed by atoms with Crippen molar-refractivity contribution in [2.75, 3.05) is 26.2 Å². The Labute approximate surface area is 166 Å². The lowest BCUT2D eigenvalue weighted by Gasteiger charge is -2.26. The predicted octanol–water partition coefficient (Wildman–Crippen LogP) is 2.61. The lowest BCUT2D eigenvalue weighted by molar-refractivity contribution is -0.132. The van der Waals surface area contributed by atoms with E-state index in [0.717, 1.165) is 5.56 Å². The van der Waals surface area contributed by atoms with E-state index in [1.54, 1.807) is 23.2 Å². The molecule has 2 aromatic rings. The molecule has 0 unspecified atom stereocenters. The molecule has 28 heavy (non-hydrogen) atoms. The quantitative estimate of drug-likeness (QED) is 0.772. The Kier molecular flexibility index (Phi) is 6.76. The smallest absolute Gasteiger partial charge is 0.255 e. The first-order valence-electron chi connectivity index (χ1n) is 9.65. The van der Waals surface area contributed by atoms with Crippen LogP contribution in [0.5, 0.6) is 0 Å². The van der Waals surface area contributed by atoms with Crippen molar-refractivity contribution in [2.45, 2.75) is 26.6 Å². The van der Waals surface area contributed by atoms with Gasteiger partial charge in [0.05, 0.1) is 18.3 Å². The zero-order valence-electron chi connectivity index (χ0n) is 16.5. The highest BCUT2D eigenvalue weighted by molar-refractivity contribution is 5.96. The molecule has 1 saturated heterocycles. The number of hydrogen-bond acceptors (Lipinski definition) is 4. The topological polar surface area (TPSA) is 62.7 Å². The number of nitrogens with zero attached hydrogens (tertiary/aromatic N) is 3. The molecule has 1 aromatic heterocycles. The minimum Gasteiger partial charge on any atom is -0.370 e. The molecule has 0 bridgehead atoms. The maximum atomic E-state index is 12.9. The summed E-state index contributed by atoms with van der Waals surface area (Å²) in [5, 5.41) is 0. The molecule has 3 rings (SSSR count). The van der Waals surface area contributed by atoms with Gasteiger partial charge in [0.25, 0.3) is 5.91 Å². The molecule has 1 aromatic carbocycles. The summed E-state index contributed by atoms with van der Waals surface area (Å²) in [6.07, 6.45) is 2.91. The Balaban J connectivity index is 1.75. The van der Waals surface area contributed by atoms with E-state index < -0.39 is 0 Å². The second-order valence-electron chi connectivity index (χ2n) is 7.54. The van der Waals surface area contributed by atoms with Crippen LogP contribution in [0.25, 0.3) is 0 Å². The summed E-state index contributed by atoms with van der Waals surface area (Å²) >= 11 is 0. The van der Waals surface area contributed by atoms with Gasteiger partial charge in [-0.2, -0.15) is 0 Å². The predicted molar refractivity (Wildman–Crippen MR) is 107 cm³/mol. The van der Waals surface area contributed by atoms with Crippen molar-refractivity contribution in [3.05, 3.63) is 66.0 Å². The molecule has 0 spiro atoms. The van der Waals surface area contributed by atoms with Crippen LogP contribution in [0.15, 0.2) is 54.9 Å². The number of rotatable bonds is 6. The van der Waals surface area contributed by atoms with Gasteiger partial charge in [-0.3, -0.25) is 14.6 Å². The molecule has 0 aliphatic carbocycles. The zero-order chi connectivity index (χ0) is 19.9. The van der Waals surface area contributed by atoms with Crippen molar-refractivity contribution in [1.82, 2.24) is 14.8 Å². The number of hydrogen-bond donors (Lipinski definition) is 0. The summed E-state index contributed by atoms with van der Waals surface area (Å²) in [7, 11) is 0. The van der Waals surface area contributed by atoms with Crippen LogP contribution >= 0.6 is 0 Å². The van der Waals surface area contributed by atoms with E-state index in [4.69, 9.17) is 4.74 Å². The molecule has 6 heteroatoms. The van der Waals surface area contributed by atoms with Crippen LogP contribution in [-0.4, -0.2) is 58.9 Å². The lowest BCUT2D eigenvalue weighted by Crippen LogP contribution is -2.40. The third-order valence-electron chi connectivity index (χ3n) is 4.64. The summed E-state index contributed by atoms with van der Waals surface area (Å²) in [5.41, 5.74) is 1.55. The minimum absolute atomic E-state index is 0.0447. The van der Waals surface area contributed by atoms with Gasteiger partial charge in [-0.1, -0.05) is 44.2 Å². The van der Waals surface area contributed by atoms with Crippen LogP contribution in [0.3, 0.4) is 0 Å². The van der Waals surface area contributed by atoms with Gasteiger partial charge < -0.3 is 14.5 Å². The largest absolute Gasteiger partial charge is 0.370 e. The fraction of sp³-hybridized carbons (Fsp3) is 0.409. The van der Waals surface area contributed by atoms with E-state index in [2.05, 4.69) is 18.8 Å². The Morgan fingerprint density at radius 1 is 1.18 bits per heavy atom. The van der Waals surface area contributed by atoms with Gasteiger partial charge in [0, 0.05) is 32.0 Å². The number of pyridine rings is 1. The van der Waals surface area contributed by atoms with Crippen LogP contribution in [0.2, 0.25) is 0 Å². The molecule has 0 radical (unpaired) electrons. The maximum Gasteiger partial charge on any atom is 0.255 e. The summed E-state index contributed by atoms with van der Waals surface area (Å²) in [6.45, 7) is 6.18. The number of carbonyl (C=O) groups excluding carboxylic acids is 2. The molecule has 1 aliphatic heterocycles. The van der Waals surface area contributed by atoms with Crippen molar-refractivity contribution >= 4 is 11.8 Å². The van der Waals surface area contributed by atoms with Crippen molar-refractivity contribution in [1.29, 1.82) is 0 Å².